The first-order valence-electron chi connectivity index (χ1n) is 8.73. The van der Waals surface area contributed by atoms with E-state index in [2.05, 4.69) is 71.3 Å². The highest BCUT2D eigenvalue weighted by atomic mass is 19.1. The number of benzene rings is 1. The Morgan fingerprint density at radius 3 is 2.28 bits per heavy atom. The van der Waals surface area contributed by atoms with Gasteiger partial charge in [0, 0.05) is 34.2 Å². The third kappa shape index (κ3) is 2.47. The topological polar surface area (TPSA) is 12.9 Å². The Balaban J connectivity index is 2.34. The maximum atomic E-state index is 14.3. The highest BCUT2D eigenvalue weighted by Gasteiger charge is 2.41. The van der Waals surface area contributed by atoms with Gasteiger partial charge in [0.25, 0.3) is 0 Å². The normalized spacial score (nSPS) is 18.0. The van der Waals surface area contributed by atoms with Crippen LogP contribution in [-0.2, 0) is 10.8 Å². The third-order valence-corrected chi connectivity index (χ3v) is 6.18. The van der Waals surface area contributed by atoms with E-state index in [-0.39, 0.29) is 16.6 Å². The second-order valence-corrected chi connectivity index (χ2v) is 8.02. The molecular formula is C23H26FN. The largest absolute Gasteiger partial charge is 0.255 e. The van der Waals surface area contributed by atoms with E-state index in [9.17, 15) is 4.39 Å². The summed E-state index contributed by atoms with van der Waals surface area (Å²) in [5.74, 6) is -0.283. The van der Waals surface area contributed by atoms with Crippen LogP contribution in [0.25, 0.3) is 17.3 Å². The Kier molecular flexibility index (Phi) is 3.98. The van der Waals surface area contributed by atoms with Crippen molar-refractivity contribution in [1.29, 1.82) is 0 Å². The first-order chi connectivity index (χ1) is 11.6. The van der Waals surface area contributed by atoms with Crippen molar-refractivity contribution in [3.05, 3.63) is 70.7 Å². The molecule has 3 rings (SSSR count). The molecule has 0 saturated carbocycles. The number of pyridine rings is 1. The van der Waals surface area contributed by atoms with Crippen LogP contribution >= 0.6 is 0 Å². The molecule has 130 valence electrons. The van der Waals surface area contributed by atoms with Gasteiger partial charge in [-0.15, -0.1) is 0 Å². The summed E-state index contributed by atoms with van der Waals surface area (Å²) >= 11 is 0. The van der Waals surface area contributed by atoms with Gasteiger partial charge in [-0.25, -0.2) is 4.39 Å². The van der Waals surface area contributed by atoms with Crippen LogP contribution in [-0.4, -0.2) is 4.98 Å². The minimum Gasteiger partial charge on any atom is -0.255 e. The van der Waals surface area contributed by atoms with E-state index in [1.807, 2.05) is 0 Å². The molecule has 1 aliphatic carbocycles. The Labute approximate surface area is 150 Å². The Morgan fingerprint density at radius 2 is 1.68 bits per heavy atom. The van der Waals surface area contributed by atoms with Crippen molar-refractivity contribution in [2.45, 2.75) is 52.4 Å². The van der Waals surface area contributed by atoms with E-state index < -0.39 is 0 Å². The van der Waals surface area contributed by atoms with Gasteiger partial charge >= 0.3 is 0 Å². The number of allylic oxidation sites excluding steroid dienone is 2. The van der Waals surface area contributed by atoms with Crippen LogP contribution < -0.4 is 0 Å². The molecule has 0 aliphatic heterocycles. The van der Waals surface area contributed by atoms with Crippen LogP contribution in [0.3, 0.4) is 0 Å². The quantitative estimate of drug-likeness (QED) is 0.576. The second kappa shape index (κ2) is 5.66. The number of hydrogen-bond donors (Lipinski definition) is 0. The molecular weight excluding hydrogens is 309 g/mol. The fraction of sp³-hybridized carbons (Fsp3) is 0.348. The number of hydrogen-bond acceptors (Lipinski definition) is 1. The predicted molar refractivity (Wildman–Crippen MR) is 104 cm³/mol. The van der Waals surface area contributed by atoms with E-state index in [0.29, 0.717) is 11.3 Å². The number of rotatable bonds is 2. The highest BCUT2D eigenvalue weighted by Crippen LogP contribution is 2.51. The van der Waals surface area contributed by atoms with Crippen molar-refractivity contribution < 1.29 is 4.39 Å². The van der Waals surface area contributed by atoms with E-state index in [0.717, 1.165) is 5.56 Å². The van der Waals surface area contributed by atoms with Gasteiger partial charge in [0.15, 0.2) is 0 Å². The maximum absolute atomic E-state index is 14.3. The summed E-state index contributed by atoms with van der Waals surface area (Å²) in [6.07, 6.45) is 3.06. The van der Waals surface area contributed by atoms with Gasteiger partial charge in [-0.1, -0.05) is 69.7 Å². The number of nitrogens with zero attached hydrogens (tertiary/aromatic N) is 1. The van der Waals surface area contributed by atoms with Crippen LogP contribution in [0, 0.1) is 5.82 Å². The summed E-state index contributed by atoms with van der Waals surface area (Å²) < 4.78 is 14.3. The van der Waals surface area contributed by atoms with Gasteiger partial charge in [0.05, 0.1) is 5.69 Å². The van der Waals surface area contributed by atoms with Crippen LogP contribution in [0.5, 0.6) is 0 Å². The van der Waals surface area contributed by atoms with Crippen LogP contribution in [0.1, 0.15) is 58.2 Å². The molecule has 1 nitrogen and oxygen atoms in total. The minimum absolute atomic E-state index is 0.0510. The van der Waals surface area contributed by atoms with Gasteiger partial charge < -0.3 is 0 Å². The second-order valence-electron chi connectivity index (χ2n) is 8.02. The molecule has 1 aromatic carbocycles. The smallest absolute Gasteiger partial charge is 0.134 e. The molecule has 1 heterocycles. The van der Waals surface area contributed by atoms with Crippen LogP contribution in [0.4, 0.5) is 4.39 Å². The maximum Gasteiger partial charge on any atom is 0.134 e. The number of aromatic nitrogens is 1. The summed E-state index contributed by atoms with van der Waals surface area (Å²) in [7, 11) is 0. The first kappa shape index (κ1) is 17.6. The van der Waals surface area contributed by atoms with Crippen molar-refractivity contribution in [3.63, 3.8) is 0 Å². The van der Waals surface area contributed by atoms with E-state index >= 15 is 0 Å². The fourth-order valence-electron chi connectivity index (χ4n) is 4.03. The lowest BCUT2D eigenvalue weighted by molar-refractivity contribution is 0.505. The number of halogens is 1. The molecule has 0 bridgehead atoms. The monoisotopic (exact) mass is 335 g/mol. The Hall–Kier alpha value is -2.22. The predicted octanol–water partition coefficient (Wildman–Crippen LogP) is 6.44. The molecule has 2 aromatic rings. The summed E-state index contributed by atoms with van der Waals surface area (Å²) in [4.78, 5) is 4.52. The molecule has 1 aromatic heterocycles. The lowest BCUT2D eigenvalue weighted by atomic mass is 9.59. The molecule has 0 atom stereocenters. The fourth-order valence-corrected chi connectivity index (χ4v) is 4.03. The Morgan fingerprint density at radius 1 is 1.04 bits per heavy atom. The standard InChI is InChI=1S/C23H26FN/c1-8-16-13-25-20(12-19(16)24)17-10-9-11-18-21(17)23(6,7)15(3)14(2)22(18,4)5/h8-13H,1H2,2-7H3. The molecule has 0 unspecified atom stereocenters. The molecule has 0 amide bonds. The van der Waals surface area contributed by atoms with Gasteiger partial charge in [-0.05, 0) is 25.0 Å². The van der Waals surface area contributed by atoms with Gasteiger partial charge in [0.1, 0.15) is 5.82 Å². The molecule has 0 radical (unpaired) electrons. The summed E-state index contributed by atoms with van der Waals surface area (Å²) in [6, 6.07) is 7.84. The van der Waals surface area contributed by atoms with E-state index in [1.165, 1.54) is 34.4 Å². The summed E-state index contributed by atoms with van der Waals surface area (Å²) in [6.45, 7) is 17.1. The minimum atomic E-state index is -0.283. The zero-order chi connectivity index (χ0) is 18.6. The lowest BCUT2D eigenvalue weighted by Gasteiger charge is -2.45. The summed E-state index contributed by atoms with van der Waals surface area (Å²) in [5.41, 5.74) is 7.28. The molecule has 0 N–H and O–H groups in total. The SMILES string of the molecule is C=Cc1cnc(-c2cccc3c2C(C)(C)C(C)=C(C)C3(C)C)cc1F. The molecule has 2 heteroatoms. The van der Waals surface area contributed by atoms with E-state index in [4.69, 9.17) is 0 Å². The van der Waals surface area contributed by atoms with Crippen molar-refractivity contribution in [3.8, 4) is 11.3 Å². The first-order valence-corrected chi connectivity index (χ1v) is 8.73. The molecule has 0 saturated heterocycles. The van der Waals surface area contributed by atoms with Crippen molar-refractivity contribution >= 4 is 6.08 Å². The average molecular weight is 335 g/mol. The van der Waals surface area contributed by atoms with Gasteiger partial charge in [-0.3, -0.25) is 4.98 Å². The van der Waals surface area contributed by atoms with Crippen molar-refractivity contribution in [1.82, 2.24) is 4.98 Å². The summed E-state index contributed by atoms with van der Waals surface area (Å²) in [5, 5.41) is 0. The average Bonchev–Trinajstić information content (AvgIpc) is 2.58. The van der Waals surface area contributed by atoms with Crippen LogP contribution in [0.2, 0.25) is 0 Å². The van der Waals surface area contributed by atoms with Crippen molar-refractivity contribution in [2.24, 2.45) is 0 Å². The zero-order valence-electron chi connectivity index (χ0n) is 16.0. The third-order valence-electron chi connectivity index (χ3n) is 6.18. The van der Waals surface area contributed by atoms with Crippen LogP contribution in [0.15, 0.2) is 48.2 Å². The highest BCUT2D eigenvalue weighted by molar-refractivity contribution is 5.72. The molecule has 0 spiro atoms. The number of fused-ring (bicyclic) bond motifs is 1. The molecule has 25 heavy (non-hydrogen) atoms. The van der Waals surface area contributed by atoms with Gasteiger partial charge in [0.2, 0.25) is 0 Å². The Bertz CT molecular complexity index is 900. The molecule has 1 aliphatic rings. The van der Waals surface area contributed by atoms with E-state index in [1.54, 1.807) is 6.20 Å². The van der Waals surface area contributed by atoms with Crippen molar-refractivity contribution in [2.75, 3.05) is 0 Å². The van der Waals surface area contributed by atoms with Gasteiger partial charge in [-0.2, -0.15) is 0 Å². The lowest BCUT2D eigenvalue weighted by Crippen LogP contribution is -2.36. The molecule has 0 fully saturated rings. The zero-order valence-corrected chi connectivity index (χ0v) is 16.0.